The molecule has 2 atom stereocenters. The van der Waals surface area contributed by atoms with Gasteiger partial charge in [0.05, 0.1) is 10.0 Å². The molecule has 3 aliphatic heterocycles. The molecule has 1 saturated carbocycles. The Bertz CT molecular complexity index is 879. The predicted octanol–water partition coefficient (Wildman–Crippen LogP) is 5.56. The van der Waals surface area contributed by atoms with E-state index in [1.165, 1.54) is 59.8 Å². The van der Waals surface area contributed by atoms with Gasteiger partial charge in [0.2, 0.25) is 0 Å². The Kier molecular flexibility index (Phi) is 4.72. The van der Waals surface area contributed by atoms with Crippen molar-refractivity contribution >= 4 is 38.5 Å². The minimum Gasteiger partial charge on any atom is -0.255 e. The van der Waals surface area contributed by atoms with Gasteiger partial charge in [-0.3, -0.25) is 4.99 Å². The van der Waals surface area contributed by atoms with Crippen LogP contribution >= 0.6 is 22.2 Å². The van der Waals surface area contributed by atoms with Crippen LogP contribution in [0.1, 0.15) is 50.5 Å². The van der Waals surface area contributed by atoms with E-state index >= 15 is 0 Å². The van der Waals surface area contributed by atoms with Crippen molar-refractivity contribution in [2.75, 3.05) is 6.26 Å². The van der Waals surface area contributed by atoms with E-state index in [4.69, 9.17) is 10.1 Å². The summed E-state index contributed by atoms with van der Waals surface area (Å²) >= 11 is 1.81. The molecule has 3 heterocycles. The van der Waals surface area contributed by atoms with Crippen LogP contribution < -0.4 is 0 Å². The molecule has 0 amide bonds. The van der Waals surface area contributed by atoms with E-state index in [1.54, 1.807) is 0 Å². The summed E-state index contributed by atoms with van der Waals surface area (Å²) in [6.45, 7) is 0. The lowest BCUT2D eigenvalue weighted by molar-refractivity contribution is 0.377. The van der Waals surface area contributed by atoms with Crippen molar-refractivity contribution in [3.63, 3.8) is 0 Å². The summed E-state index contributed by atoms with van der Waals surface area (Å²) in [5.74, 6) is 0.425. The summed E-state index contributed by atoms with van der Waals surface area (Å²) in [5, 5.41) is 9.97. The second kappa shape index (κ2) is 7.21. The number of thioether (sulfide) groups is 1. The second-order valence-corrected chi connectivity index (χ2v) is 10.5. The lowest BCUT2D eigenvalue weighted by atomic mass is 9.89. The Hall–Kier alpha value is -1.40. The van der Waals surface area contributed by atoms with Gasteiger partial charge in [0.25, 0.3) is 0 Å². The highest BCUT2D eigenvalue weighted by Gasteiger charge is 2.42. The molecule has 2 unspecified atom stereocenters. The average molecular weight is 402 g/mol. The number of aliphatic imine (C=N–C) groups is 1. The zero-order chi connectivity index (χ0) is 18.4. The van der Waals surface area contributed by atoms with Gasteiger partial charge in [0, 0.05) is 17.7 Å². The standard InChI is InChI=1S/C21H24FN3S2/c1-27-19-17(8-5-13-23-19)20-25(21(27)15-6-3-2-4-7-15)24-18(26-20)14-9-11-16(22)12-10-14/h9-13,15,20H,2-8H2,1H3. The smallest absolute Gasteiger partial charge is 0.128 e. The molecule has 27 heavy (non-hydrogen) atoms. The SMILES string of the molecule is CS1=C(C2CCCCC2)N2N=C(c3ccc(F)cc3)SC2C2=C1N=CCC2. The van der Waals surface area contributed by atoms with Crippen LogP contribution in [0.2, 0.25) is 0 Å². The van der Waals surface area contributed by atoms with Crippen molar-refractivity contribution in [3.05, 3.63) is 46.2 Å². The van der Waals surface area contributed by atoms with Crippen LogP contribution in [0.5, 0.6) is 0 Å². The molecule has 0 N–H and O–H groups in total. The summed E-state index contributed by atoms with van der Waals surface area (Å²) in [4.78, 5) is 6.34. The summed E-state index contributed by atoms with van der Waals surface area (Å²) in [6.07, 6.45) is 13.1. The number of hydrogen-bond acceptors (Lipinski definition) is 4. The normalized spacial score (nSPS) is 28.3. The third-order valence-corrected chi connectivity index (χ3v) is 9.19. The molecule has 6 heteroatoms. The molecule has 142 valence electrons. The van der Waals surface area contributed by atoms with Crippen molar-refractivity contribution < 1.29 is 4.39 Å². The van der Waals surface area contributed by atoms with Crippen LogP contribution in [0.4, 0.5) is 4.39 Å². The lowest BCUT2D eigenvalue weighted by Crippen LogP contribution is -2.41. The maximum Gasteiger partial charge on any atom is 0.128 e. The van der Waals surface area contributed by atoms with Gasteiger partial charge < -0.3 is 0 Å². The van der Waals surface area contributed by atoms with E-state index in [0.717, 1.165) is 23.4 Å². The Labute approximate surface area is 166 Å². The number of fused-ring (bicyclic) bond motifs is 2. The van der Waals surface area contributed by atoms with Gasteiger partial charge in [-0.15, -0.1) is 10.5 Å². The second-order valence-electron chi connectivity index (χ2n) is 7.59. The highest BCUT2D eigenvalue weighted by Crippen LogP contribution is 2.49. The van der Waals surface area contributed by atoms with E-state index in [9.17, 15) is 4.39 Å². The minimum absolute atomic E-state index is 0.0162. The fourth-order valence-corrected chi connectivity index (χ4v) is 8.11. The zero-order valence-electron chi connectivity index (χ0n) is 15.5. The average Bonchev–Trinajstić information content (AvgIpc) is 3.15. The van der Waals surface area contributed by atoms with Crippen LogP contribution in [0.15, 0.2) is 45.0 Å². The number of hydrogen-bond donors (Lipinski definition) is 0. The van der Waals surface area contributed by atoms with Gasteiger partial charge in [-0.2, -0.15) is 5.10 Å². The number of benzene rings is 1. The maximum atomic E-state index is 13.4. The molecule has 0 bridgehead atoms. The molecule has 4 aliphatic rings. The van der Waals surface area contributed by atoms with Crippen molar-refractivity contribution in [1.29, 1.82) is 0 Å². The topological polar surface area (TPSA) is 28.0 Å². The van der Waals surface area contributed by atoms with Gasteiger partial charge in [-0.25, -0.2) is 9.40 Å². The lowest BCUT2D eigenvalue weighted by Gasteiger charge is -2.39. The molecule has 0 saturated heterocycles. The maximum absolute atomic E-state index is 13.4. The van der Waals surface area contributed by atoms with Crippen molar-refractivity contribution in [2.45, 2.75) is 50.3 Å². The fraction of sp³-hybridized carbons (Fsp3) is 0.476. The number of hydrazone groups is 1. The monoisotopic (exact) mass is 401 g/mol. The Morgan fingerprint density at radius 2 is 1.93 bits per heavy atom. The third kappa shape index (κ3) is 3.11. The van der Waals surface area contributed by atoms with Crippen LogP contribution in [0.3, 0.4) is 0 Å². The van der Waals surface area contributed by atoms with Gasteiger partial charge in [-0.1, -0.05) is 31.0 Å². The molecular weight excluding hydrogens is 377 g/mol. The molecule has 1 aromatic rings. The van der Waals surface area contributed by atoms with Crippen LogP contribution in [0, 0.1) is 11.7 Å². The molecule has 3 nitrogen and oxygen atoms in total. The molecule has 0 radical (unpaired) electrons. The first-order valence-electron chi connectivity index (χ1n) is 9.81. The van der Waals surface area contributed by atoms with Gasteiger partial charge in [0.1, 0.15) is 16.2 Å². The fourth-order valence-electron chi connectivity index (χ4n) is 4.52. The summed E-state index contributed by atoms with van der Waals surface area (Å²) in [5.41, 5.74) is 2.46. The first-order valence-corrected chi connectivity index (χ1v) is 12.3. The van der Waals surface area contributed by atoms with Gasteiger partial charge in [-0.05, 0) is 61.8 Å². The molecular formula is C21H24FN3S2. The van der Waals surface area contributed by atoms with Crippen LogP contribution in [0.25, 0.3) is 0 Å². The number of halogens is 1. The van der Waals surface area contributed by atoms with Gasteiger partial charge >= 0.3 is 0 Å². The van der Waals surface area contributed by atoms with Gasteiger partial charge in [0.15, 0.2) is 0 Å². The highest BCUT2D eigenvalue weighted by molar-refractivity contribution is 8.19. The Balaban J connectivity index is 1.58. The van der Waals surface area contributed by atoms with Crippen LogP contribution in [-0.2, 0) is 0 Å². The zero-order valence-corrected chi connectivity index (χ0v) is 17.2. The molecule has 1 aliphatic carbocycles. The highest BCUT2D eigenvalue weighted by atomic mass is 32.2. The number of nitrogens with zero attached hydrogens (tertiary/aromatic N) is 3. The van der Waals surface area contributed by atoms with E-state index in [1.807, 2.05) is 23.9 Å². The van der Waals surface area contributed by atoms with Crippen molar-refractivity contribution in [3.8, 4) is 0 Å². The first kappa shape index (κ1) is 17.7. The number of rotatable bonds is 2. The summed E-state index contributed by atoms with van der Waals surface area (Å²) in [7, 11) is 0.0162. The molecule has 1 fully saturated rings. The quantitative estimate of drug-likeness (QED) is 0.607. The Morgan fingerprint density at radius 3 is 2.70 bits per heavy atom. The van der Waals surface area contributed by atoms with Crippen molar-refractivity contribution in [1.82, 2.24) is 5.01 Å². The van der Waals surface area contributed by atoms with E-state index in [0.29, 0.717) is 5.92 Å². The van der Waals surface area contributed by atoms with Crippen LogP contribution in [-0.4, -0.2) is 32.9 Å². The minimum atomic E-state index is -0.198. The van der Waals surface area contributed by atoms with Crippen molar-refractivity contribution in [2.24, 2.45) is 16.0 Å². The van der Waals surface area contributed by atoms with E-state index in [2.05, 4.69) is 17.5 Å². The molecule has 0 spiro atoms. The predicted molar refractivity (Wildman–Crippen MR) is 116 cm³/mol. The molecule has 5 rings (SSSR count). The first-order chi connectivity index (χ1) is 13.2. The Morgan fingerprint density at radius 1 is 1.15 bits per heavy atom. The molecule has 0 aromatic heterocycles. The third-order valence-electron chi connectivity index (χ3n) is 5.84. The summed E-state index contributed by atoms with van der Waals surface area (Å²) in [6, 6.07) is 6.75. The largest absolute Gasteiger partial charge is 0.255 e. The summed E-state index contributed by atoms with van der Waals surface area (Å²) < 4.78 is 13.4. The molecule has 1 aromatic carbocycles. The van der Waals surface area contributed by atoms with E-state index in [-0.39, 0.29) is 21.7 Å². The van der Waals surface area contributed by atoms with E-state index < -0.39 is 0 Å².